The molecule has 5 atom stereocenters. The Morgan fingerprint density at radius 1 is 1.08 bits per heavy atom. The molecule has 0 saturated heterocycles. The molecular formula is C20H25BrO3. The van der Waals surface area contributed by atoms with Crippen molar-refractivity contribution >= 4 is 33.3 Å². The lowest BCUT2D eigenvalue weighted by atomic mass is 9.51. The number of fused-ring (bicyclic) bond motifs is 5. The van der Waals surface area contributed by atoms with Crippen LogP contribution in [-0.2, 0) is 14.4 Å². The Morgan fingerprint density at radius 2 is 1.92 bits per heavy atom. The molecule has 3 fully saturated rings. The predicted molar refractivity (Wildman–Crippen MR) is 94.8 cm³/mol. The van der Waals surface area contributed by atoms with E-state index < -0.39 is 0 Å². The molecule has 4 aliphatic carbocycles. The van der Waals surface area contributed by atoms with Crippen LogP contribution in [0.25, 0.3) is 0 Å². The number of hydrogen-bond acceptors (Lipinski definition) is 3. The lowest BCUT2D eigenvalue weighted by molar-refractivity contribution is -0.138. The predicted octanol–water partition coefficient (Wildman–Crippen LogP) is 4.03. The van der Waals surface area contributed by atoms with Gasteiger partial charge in [-0.1, -0.05) is 21.5 Å². The van der Waals surface area contributed by atoms with Crippen molar-refractivity contribution in [2.45, 2.75) is 57.8 Å². The minimum absolute atomic E-state index is 0.174. The summed E-state index contributed by atoms with van der Waals surface area (Å²) < 4.78 is 0. The fraction of sp³-hybridized carbons (Fsp3) is 0.750. The van der Waals surface area contributed by atoms with Crippen LogP contribution in [0.2, 0.25) is 0 Å². The molecule has 0 amide bonds. The lowest BCUT2D eigenvalue weighted by Crippen LogP contribution is -2.48. The van der Waals surface area contributed by atoms with Crippen molar-refractivity contribution in [3.05, 3.63) is 11.6 Å². The van der Waals surface area contributed by atoms with Crippen LogP contribution in [0.5, 0.6) is 0 Å². The van der Waals surface area contributed by atoms with Crippen LogP contribution in [0.3, 0.4) is 0 Å². The van der Waals surface area contributed by atoms with Gasteiger partial charge >= 0.3 is 0 Å². The van der Waals surface area contributed by atoms with Gasteiger partial charge in [0.15, 0.2) is 5.78 Å². The summed E-state index contributed by atoms with van der Waals surface area (Å²) in [5.41, 5.74) is 1.01. The number of hydrogen-bond donors (Lipinski definition) is 0. The highest BCUT2D eigenvalue weighted by Crippen LogP contribution is 2.61. The number of ketones is 3. The topological polar surface area (TPSA) is 51.2 Å². The van der Waals surface area contributed by atoms with Crippen LogP contribution in [0.1, 0.15) is 57.8 Å². The minimum atomic E-state index is -0.363. The molecule has 0 radical (unpaired) electrons. The second-order valence-electron chi connectivity index (χ2n) is 8.31. The van der Waals surface area contributed by atoms with Crippen molar-refractivity contribution in [1.82, 2.24) is 0 Å². The molecule has 0 bridgehead atoms. The van der Waals surface area contributed by atoms with E-state index in [9.17, 15) is 14.4 Å². The van der Waals surface area contributed by atoms with Gasteiger partial charge in [-0.25, -0.2) is 0 Å². The van der Waals surface area contributed by atoms with Crippen LogP contribution >= 0.6 is 15.9 Å². The average molecular weight is 393 g/mol. The molecule has 0 aromatic carbocycles. The third-order valence-electron chi connectivity index (χ3n) is 7.41. The van der Waals surface area contributed by atoms with Gasteiger partial charge in [0.1, 0.15) is 11.6 Å². The van der Waals surface area contributed by atoms with Crippen LogP contribution < -0.4 is 0 Å². The van der Waals surface area contributed by atoms with Gasteiger partial charge in [-0.05, 0) is 68.3 Å². The highest BCUT2D eigenvalue weighted by Gasteiger charge is 2.58. The third kappa shape index (κ3) is 2.48. The normalized spacial score (nSPS) is 41.3. The Labute approximate surface area is 151 Å². The number of Topliss-reactive ketones (excluding diaryl/α,β-unsaturated/α-hetero) is 2. The highest BCUT2D eigenvalue weighted by molar-refractivity contribution is 9.09. The van der Waals surface area contributed by atoms with Gasteiger partial charge in [0, 0.05) is 24.7 Å². The monoisotopic (exact) mass is 392 g/mol. The van der Waals surface area contributed by atoms with Crippen molar-refractivity contribution < 1.29 is 14.4 Å². The fourth-order valence-electron chi connectivity index (χ4n) is 6.49. The molecule has 0 aromatic heterocycles. The van der Waals surface area contributed by atoms with E-state index >= 15 is 0 Å². The van der Waals surface area contributed by atoms with Crippen LogP contribution in [0.4, 0.5) is 0 Å². The zero-order valence-electron chi connectivity index (χ0n) is 14.1. The van der Waals surface area contributed by atoms with E-state index in [-0.39, 0.29) is 11.2 Å². The van der Waals surface area contributed by atoms with E-state index in [1.54, 1.807) is 0 Å². The van der Waals surface area contributed by atoms with Crippen LogP contribution in [0, 0.1) is 29.1 Å². The SMILES string of the molecule is O=C1C=C2CC[C@@H]3[C@H](CC[C@]4(CC(=O)CBr)C(=O)CC[C@@H]34)[C@H]2CC1. The second-order valence-corrected chi connectivity index (χ2v) is 8.87. The molecule has 0 aromatic rings. The molecular weight excluding hydrogens is 368 g/mol. The van der Waals surface area contributed by atoms with Crippen molar-refractivity contribution in [3.8, 4) is 0 Å². The first-order chi connectivity index (χ1) is 11.5. The summed E-state index contributed by atoms with van der Waals surface area (Å²) in [4.78, 5) is 36.6. The minimum Gasteiger partial charge on any atom is -0.299 e. The van der Waals surface area contributed by atoms with E-state index in [0.29, 0.717) is 59.8 Å². The zero-order chi connectivity index (χ0) is 16.9. The van der Waals surface area contributed by atoms with E-state index in [0.717, 1.165) is 38.5 Å². The van der Waals surface area contributed by atoms with E-state index in [1.165, 1.54) is 5.57 Å². The Bertz CT molecular complexity index is 622. The Kier molecular flexibility index (Phi) is 4.30. The number of allylic oxidation sites excluding steroid dienone is 1. The molecule has 3 saturated carbocycles. The summed E-state index contributed by atoms with van der Waals surface area (Å²) in [6.07, 6.45) is 9.74. The van der Waals surface area contributed by atoms with Crippen LogP contribution in [-0.4, -0.2) is 22.7 Å². The van der Waals surface area contributed by atoms with Gasteiger partial charge in [-0.3, -0.25) is 14.4 Å². The average Bonchev–Trinajstić information content (AvgIpc) is 2.91. The molecule has 24 heavy (non-hydrogen) atoms. The Balaban J connectivity index is 1.62. The van der Waals surface area contributed by atoms with Gasteiger partial charge in [0.05, 0.1) is 5.33 Å². The molecule has 130 valence electrons. The third-order valence-corrected chi connectivity index (χ3v) is 8.03. The molecule has 0 spiro atoms. The number of carbonyl (C=O) groups is 3. The summed E-state index contributed by atoms with van der Waals surface area (Å²) in [6.45, 7) is 0. The molecule has 0 heterocycles. The molecule has 4 rings (SSSR count). The molecule has 0 aliphatic heterocycles. The van der Waals surface area contributed by atoms with Gasteiger partial charge in [0.2, 0.25) is 0 Å². The van der Waals surface area contributed by atoms with E-state index in [4.69, 9.17) is 0 Å². The maximum atomic E-state index is 12.8. The number of alkyl halides is 1. The van der Waals surface area contributed by atoms with Crippen molar-refractivity contribution in [2.75, 3.05) is 5.33 Å². The largest absolute Gasteiger partial charge is 0.299 e. The van der Waals surface area contributed by atoms with Crippen molar-refractivity contribution in [1.29, 1.82) is 0 Å². The summed E-state index contributed by atoms with van der Waals surface area (Å²) in [5.74, 6) is 2.97. The molecule has 0 unspecified atom stereocenters. The quantitative estimate of drug-likeness (QED) is 0.681. The zero-order valence-corrected chi connectivity index (χ0v) is 15.6. The summed E-state index contributed by atoms with van der Waals surface area (Å²) in [5, 5.41) is 0.362. The molecule has 4 heteroatoms. The van der Waals surface area contributed by atoms with Crippen molar-refractivity contribution in [3.63, 3.8) is 0 Å². The first-order valence-electron chi connectivity index (χ1n) is 9.39. The molecule has 0 N–H and O–H groups in total. The Hall–Kier alpha value is -0.770. The highest BCUT2D eigenvalue weighted by atomic mass is 79.9. The van der Waals surface area contributed by atoms with Gasteiger partial charge in [-0.15, -0.1) is 0 Å². The molecule has 3 nitrogen and oxygen atoms in total. The van der Waals surface area contributed by atoms with Gasteiger partial charge < -0.3 is 0 Å². The van der Waals surface area contributed by atoms with E-state index in [1.807, 2.05) is 6.08 Å². The standard InChI is InChI=1S/C20H25BrO3/c21-11-14(23)10-20-8-7-16-15-4-2-13(22)9-12(15)1-3-17(16)18(20)5-6-19(20)24/h9,15-18H,1-8,10-11H2/t15-,16+,17+,18-,20+/m0/s1. The number of rotatable bonds is 3. The number of carbonyl (C=O) groups excluding carboxylic acids is 3. The maximum absolute atomic E-state index is 12.8. The first kappa shape index (κ1) is 16.7. The van der Waals surface area contributed by atoms with Crippen molar-refractivity contribution in [2.24, 2.45) is 29.1 Å². The summed E-state index contributed by atoms with van der Waals surface area (Å²) in [7, 11) is 0. The van der Waals surface area contributed by atoms with E-state index in [2.05, 4.69) is 15.9 Å². The summed E-state index contributed by atoms with van der Waals surface area (Å²) >= 11 is 3.28. The van der Waals surface area contributed by atoms with Gasteiger partial charge in [-0.2, -0.15) is 0 Å². The Morgan fingerprint density at radius 3 is 2.71 bits per heavy atom. The lowest BCUT2D eigenvalue weighted by Gasteiger charge is -2.52. The van der Waals surface area contributed by atoms with Gasteiger partial charge in [0.25, 0.3) is 0 Å². The molecule has 4 aliphatic rings. The van der Waals surface area contributed by atoms with Crippen LogP contribution in [0.15, 0.2) is 11.6 Å². The number of halogens is 1. The maximum Gasteiger partial charge on any atom is 0.155 e. The second kappa shape index (κ2) is 6.19. The summed E-state index contributed by atoms with van der Waals surface area (Å²) in [6, 6.07) is 0. The fourth-order valence-corrected chi connectivity index (χ4v) is 6.68. The first-order valence-corrected chi connectivity index (χ1v) is 10.5. The smallest absolute Gasteiger partial charge is 0.155 e.